The van der Waals surface area contributed by atoms with Gasteiger partial charge < -0.3 is 4.57 Å². The van der Waals surface area contributed by atoms with E-state index in [1.165, 1.54) is 14.7 Å². The first-order chi connectivity index (χ1) is 15.4. The number of amides is 1. The van der Waals surface area contributed by atoms with E-state index < -0.39 is 0 Å². The van der Waals surface area contributed by atoms with Crippen molar-refractivity contribution in [3.05, 3.63) is 104 Å². The molecule has 1 aromatic heterocycles. The van der Waals surface area contributed by atoms with Gasteiger partial charge in [0.2, 0.25) is 5.91 Å². The van der Waals surface area contributed by atoms with Gasteiger partial charge in [0.1, 0.15) is 0 Å². The number of hydrogen-bond acceptors (Lipinski definition) is 2. The first-order valence-electron chi connectivity index (χ1n) is 10.6. The third kappa shape index (κ3) is 4.93. The normalized spacial score (nSPS) is 11.4. The van der Waals surface area contributed by atoms with Gasteiger partial charge in [-0.15, -0.1) is 0 Å². The van der Waals surface area contributed by atoms with Crippen molar-refractivity contribution in [3.8, 4) is 0 Å². The highest BCUT2D eigenvalue weighted by Gasteiger charge is 2.13. The zero-order valence-corrected chi connectivity index (χ0v) is 20.7. The smallest absolute Gasteiger partial charge is 0.244 e. The molecule has 0 saturated heterocycles. The molecule has 0 aliphatic carbocycles. The quantitative estimate of drug-likeness (QED) is 0.186. The lowest BCUT2D eigenvalue weighted by molar-refractivity contribution is -0.120. The summed E-state index contributed by atoms with van der Waals surface area (Å²) in [6.45, 7) is 6.98. The van der Waals surface area contributed by atoms with Crippen LogP contribution < -0.4 is 5.43 Å². The zero-order chi connectivity index (χ0) is 22.7. The van der Waals surface area contributed by atoms with Gasteiger partial charge in [-0.05, 0) is 78.3 Å². The molecule has 0 fully saturated rings. The fourth-order valence-corrected chi connectivity index (χ4v) is 4.38. The molecule has 4 aromatic rings. The predicted octanol–water partition coefficient (Wildman–Crippen LogP) is 5.91. The van der Waals surface area contributed by atoms with E-state index in [1.807, 2.05) is 25.1 Å². The van der Waals surface area contributed by atoms with Crippen molar-refractivity contribution < 1.29 is 4.79 Å². The molecule has 0 saturated carbocycles. The Morgan fingerprint density at radius 3 is 2.53 bits per heavy atom. The standard InChI is InChI=1S/C27H26IN3O/c1-18-8-11-22(19(2)14-18)15-27(32)30-29-16-25-20(3)31(26-7-5-4-6-24(25)26)17-21-9-12-23(28)13-10-21/h4-14,16H,15,17H2,1-3H3,(H,30,32)/b29-16-. The number of nitrogens with zero attached hydrogens (tertiary/aromatic N) is 2. The second-order valence-corrected chi connectivity index (χ2v) is 9.37. The Morgan fingerprint density at radius 2 is 1.78 bits per heavy atom. The number of hydrazone groups is 1. The van der Waals surface area contributed by atoms with Crippen LogP contribution in [0.3, 0.4) is 0 Å². The van der Waals surface area contributed by atoms with Crippen LogP contribution in [0.25, 0.3) is 10.9 Å². The number of aryl methyl sites for hydroxylation is 2. The number of rotatable bonds is 6. The van der Waals surface area contributed by atoms with Gasteiger partial charge in [0, 0.05) is 32.3 Å². The number of para-hydroxylation sites is 1. The van der Waals surface area contributed by atoms with Crippen LogP contribution >= 0.6 is 22.6 Å². The molecular weight excluding hydrogens is 509 g/mol. The Morgan fingerprint density at radius 1 is 1.03 bits per heavy atom. The molecule has 4 rings (SSSR count). The molecule has 5 heteroatoms. The van der Waals surface area contributed by atoms with Crippen molar-refractivity contribution >= 4 is 45.6 Å². The van der Waals surface area contributed by atoms with Crippen LogP contribution in [0, 0.1) is 24.3 Å². The topological polar surface area (TPSA) is 46.4 Å². The minimum atomic E-state index is -0.117. The van der Waals surface area contributed by atoms with Gasteiger partial charge >= 0.3 is 0 Å². The maximum atomic E-state index is 12.4. The lowest BCUT2D eigenvalue weighted by Crippen LogP contribution is -2.20. The summed E-state index contributed by atoms with van der Waals surface area (Å²) in [6, 6.07) is 23.0. The van der Waals surface area contributed by atoms with Gasteiger partial charge in [-0.2, -0.15) is 5.10 Å². The summed E-state index contributed by atoms with van der Waals surface area (Å²) in [4.78, 5) is 12.4. The number of carbonyl (C=O) groups excluding carboxylic acids is 1. The van der Waals surface area contributed by atoms with Crippen molar-refractivity contribution in [1.82, 2.24) is 9.99 Å². The van der Waals surface area contributed by atoms with Gasteiger partial charge in [0.15, 0.2) is 0 Å². The van der Waals surface area contributed by atoms with E-state index in [4.69, 9.17) is 0 Å². The zero-order valence-electron chi connectivity index (χ0n) is 18.5. The van der Waals surface area contributed by atoms with E-state index >= 15 is 0 Å². The van der Waals surface area contributed by atoms with Crippen LogP contribution in [0.5, 0.6) is 0 Å². The van der Waals surface area contributed by atoms with Crippen molar-refractivity contribution in [2.75, 3.05) is 0 Å². The molecular formula is C27H26IN3O. The highest BCUT2D eigenvalue weighted by molar-refractivity contribution is 14.1. The second-order valence-electron chi connectivity index (χ2n) is 8.13. The molecule has 0 aliphatic rings. The van der Waals surface area contributed by atoms with Crippen LogP contribution in [-0.2, 0) is 17.8 Å². The number of fused-ring (bicyclic) bond motifs is 1. The Hall–Kier alpha value is -2.93. The maximum absolute atomic E-state index is 12.4. The molecule has 0 atom stereocenters. The molecule has 32 heavy (non-hydrogen) atoms. The SMILES string of the molecule is Cc1ccc(CC(=O)N/N=C\c2c(C)n(Cc3ccc(I)cc3)c3ccccc23)c(C)c1. The minimum Gasteiger partial charge on any atom is -0.340 e. The summed E-state index contributed by atoms with van der Waals surface area (Å²) in [5, 5.41) is 5.42. The molecule has 0 aliphatic heterocycles. The highest BCUT2D eigenvalue weighted by atomic mass is 127. The Labute approximate surface area is 202 Å². The fraction of sp³-hybridized carbons (Fsp3) is 0.185. The van der Waals surface area contributed by atoms with Crippen LogP contribution in [-0.4, -0.2) is 16.7 Å². The molecule has 0 bridgehead atoms. The van der Waals surface area contributed by atoms with Gasteiger partial charge in [0.05, 0.1) is 12.6 Å². The third-order valence-electron chi connectivity index (χ3n) is 5.77. The van der Waals surface area contributed by atoms with Gasteiger partial charge in [-0.25, -0.2) is 5.43 Å². The Balaban J connectivity index is 1.55. The van der Waals surface area contributed by atoms with E-state index in [9.17, 15) is 4.79 Å². The lowest BCUT2D eigenvalue weighted by Gasteiger charge is -2.09. The molecule has 0 unspecified atom stereocenters. The number of aromatic nitrogens is 1. The molecule has 4 nitrogen and oxygen atoms in total. The summed E-state index contributed by atoms with van der Waals surface area (Å²) in [5.74, 6) is -0.117. The molecule has 1 N–H and O–H groups in total. The van der Waals surface area contributed by atoms with E-state index in [0.717, 1.165) is 39.8 Å². The van der Waals surface area contributed by atoms with Crippen molar-refractivity contribution in [2.24, 2.45) is 5.10 Å². The summed E-state index contributed by atoms with van der Waals surface area (Å²) in [6.07, 6.45) is 2.08. The molecule has 1 amide bonds. The number of carbonyl (C=O) groups is 1. The monoisotopic (exact) mass is 535 g/mol. The molecule has 0 radical (unpaired) electrons. The fourth-order valence-electron chi connectivity index (χ4n) is 4.02. The first-order valence-corrected chi connectivity index (χ1v) is 11.7. The van der Waals surface area contributed by atoms with Crippen LogP contribution in [0.4, 0.5) is 0 Å². The Bertz CT molecular complexity index is 1300. The highest BCUT2D eigenvalue weighted by Crippen LogP contribution is 2.25. The number of hydrogen-bond donors (Lipinski definition) is 1. The summed E-state index contributed by atoms with van der Waals surface area (Å²) in [7, 11) is 0. The predicted molar refractivity (Wildman–Crippen MR) is 140 cm³/mol. The van der Waals surface area contributed by atoms with Crippen molar-refractivity contribution in [2.45, 2.75) is 33.7 Å². The van der Waals surface area contributed by atoms with E-state index in [0.29, 0.717) is 6.42 Å². The van der Waals surface area contributed by atoms with Crippen molar-refractivity contribution in [3.63, 3.8) is 0 Å². The Kier molecular flexibility index (Phi) is 6.74. The van der Waals surface area contributed by atoms with Crippen LogP contribution in [0.2, 0.25) is 0 Å². The van der Waals surface area contributed by atoms with Crippen LogP contribution in [0.1, 0.15) is 33.5 Å². The minimum absolute atomic E-state index is 0.117. The maximum Gasteiger partial charge on any atom is 0.244 e. The number of halogens is 1. The summed E-state index contributed by atoms with van der Waals surface area (Å²) < 4.78 is 3.53. The van der Waals surface area contributed by atoms with E-state index in [2.05, 4.69) is 100 Å². The number of nitrogens with one attached hydrogen (secondary N) is 1. The van der Waals surface area contributed by atoms with E-state index in [-0.39, 0.29) is 5.91 Å². The largest absolute Gasteiger partial charge is 0.340 e. The third-order valence-corrected chi connectivity index (χ3v) is 6.48. The van der Waals surface area contributed by atoms with Gasteiger partial charge in [-0.1, -0.05) is 54.1 Å². The first kappa shape index (κ1) is 22.3. The van der Waals surface area contributed by atoms with Gasteiger partial charge in [0.25, 0.3) is 0 Å². The second kappa shape index (κ2) is 9.69. The number of benzene rings is 3. The molecule has 0 spiro atoms. The van der Waals surface area contributed by atoms with Crippen molar-refractivity contribution in [1.29, 1.82) is 0 Å². The van der Waals surface area contributed by atoms with E-state index in [1.54, 1.807) is 6.21 Å². The molecule has 162 valence electrons. The van der Waals surface area contributed by atoms with Crippen LogP contribution in [0.15, 0.2) is 71.8 Å². The lowest BCUT2D eigenvalue weighted by atomic mass is 10.0. The molecule has 3 aromatic carbocycles. The average molecular weight is 535 g/mol. The summed E-state index contributed by atoms with van der Waals surface area (Å²) >= 11 is 2.32. The van der Waals surface area contributed by atoms with Gasteiger partial charge in [-0.3, -0.25) is 4.79 Å². The average Bonchev–Trinajstić information content (AvgIpc) is 3.03. The molecule has 1 heterocycles. The summed E-state index contributed by atoms with van der Waals surface area (Å²) in [5.41, 5.74) is 10.6.